The summed E-state index contributed by atoms with van der Waals surface area (Å²) in [4.78, 5) is 23.0. The third-order valence-corrected chi connectivity index (χ3v) is 3.42. The number of benzene rings is 1. The number of hydrogen-bond acceptors (Lipinski definition) is 5. The zero-order chi connectivity index (χ0) is 15.9. The van der Waals surface area contributed by atoms with Gasteiger partial charge in [-0.2, -0.15) is 5.26 Å². The first-order valence-electron chi connectivity index (χ1n) is 6.37. The summed E-state index contributed by atoms with van der Waals surface area (Å²) in [5.74, 6) is -0.200. The van der Waals surface area contributed by atoms with E-state index < -0.39 is 0 Å². The lowest BCUT2D eigenvalue weighted by Crippen LogP contribution is -2.20. The van der Waals surface area contributed by atoms with Crippen LogP contribution >= 0.6 is 11.3 Å². The number of thiophene rings is 1. The quantitative estimate of drug-likeness (QED) is 0.887. The summed E-state index contributed by atoms with van der Waals surface area (Å²) in [7, 11) is 0. The molecule has 7 heteroatoms. The lowest BCUT2D eigenvalue weighted by molar-refractivity contribution is -0.118. The molecule has 1 aromatic carbocycles. The first kappa shape index (κ1) is 15.5. The van der Waals surface area contributed by atoms with Crippen LogP contribution < -0.4 is 15.4 Å². The number of nitriles is 1. The highest BCUT2D eigenvalue weighted by molar-refractivity contribution is 7.14. The van der Waals surface area contributed by atoms with Crippen molar-refractivity contribution in [3.05, 3.63) is 41.3 Å². The Bertz CT molecular complexity index is 734. The van der Waals surface area contributed by atoms with E-state index in [1.165, 1.54) is 18.3 Å². The van der Waals surface area contributed by atoms with E-state index in [-0.39, 0.29) is 18.4 Å². The monoisotopic (exact) mass is 315 g/mol. The van der Waals surface area contributed by atoms with Gasteiger partial charge in [-0.1, -0.05) is 12.1 Å². The second-order valence-electron chi connectivity index (χ2n) is 4.29. The number of rotatable bonds is 5. The van der Waals surface area contributed by atoms with Gasteiger partial charge in [-0.3, -0.25) is 9.59 Å². The van der Waals surface area contributed by atoms with Crippen LogP contribution in [0.2, 0.25) is 0 Å². The smallest absolute Gasteiger partial charge is 0.262 e. The molecule has 2 N–H and O–H groups in total. The fourth-order valence-corrected chi connectivity index (χ4v) is 2.44. The number of ether oxygens (including phenoxy) is 1. The first-order chi connectivity index (χ1) is 10.6. The van der Waals surface area contributed by atoms with E-state index in [0.29, 0.717) is 22.0 Å². The van der Waals surface area contributed by atoms with Crippen LogP contribution in [0.3, 0.4) is 0 Å². The Hall–Kier alpha value is -2.85. The third-order valence-electron chi connectivity index (χ3n) is 2.60. The normalized spacial score (nSPS) is 9.64. The van der Waals surface area contributed by atoms with Crippen molar-refractivity contribution in [3.63, 3.8) is 0 Å². The van der Waals surface area contributed by atoms with E-state index in [0.717, 1.165) is 0 Å². The van der Waals surface area contributed by atoms with Crippen molar-refractivity contribution in [2.45, 2.75) is 6.92 Å². The third kappa shape index (κ3) is 4.07. The Morgan fingerprint density at radius 3 is 2.77 bits per heavy atom. The maximum Gasteiger partial charge on any atom is 0.262 e. The van der Waals surface area contributed by atoms with Crippen molar-refractivity contribution in [2.24, 2.45) is 0 Å². The Labute approximate surface area is 131 Å². The molecule has 1 aromatic heterocycles. The van der Waals surface area contributed by atoms with Crippen molar-refractivity contribution in [3.8, 4) is 11.8 Å². The summed E-state index contributed by atoms with van der Waals surface area (Å²) < 4.78 is 5.42. The zero-order valence-electron chi connectivity index (χ0n) is 11.8. The maximum atomic E-state index is 11.9. The summed E-state index contributed by atoms with van der Waals surface area (Å²) >= 11 is 1.27. The maximum absolute atomic E-state index is 11.9. The molecule has 0 aliphatic heterocycles. The minimum Gasteiger partial charge on any atom is -0.482 e. The van der Waals surface area contributed by atoms with E-state index in [1.54, 1.807) is 35.7 Å². The molecule has 0 unspecified atom stereocenters. The average molecular weight is 315 g/mol. The van der Waals surface area contributed by atoms with E-state index in [1.807, 2.05) is 6.07 Å². The van der Waals surface area contributed by atoms with Crippen molar-refractivity contribution < 1.29 is 14.3 Å². The molecule has 0 fully saturated rings. The highest BCUT2D eigenvalue weighted by Gasteiger charge is 2.10. The SMILES string of the molecule is CC(=O)Nc1ccccc1OCC(=O)Nc1sccc1C#N. The number of hydrogen-bond donors (Lipinski definition) is 2. The second-order valence-corrected chi connectivity index (χ2v) is 5.21. The van der Waals surface area contributed by atoms with Gasteiger partial charge >= 0.3 is 0 Å². The van der Waals surface area contributed by atoms with Crippen molar-refractivity contribution in [1.29, 1.82) is 5.26 Å². The fourth-order valence-electron chi connectivity index (χ4n) is 1.69. The van der Waals surface area contributed by atoms with Gasteiger partial charge in [0, 0.05) is 6.92 Å². The van der Waals surface area contributed by atoms with Crippen LogP contribution in [0, 0.1) is 11.3 Å². The molecule has 2 aromatic rings. The van der Waals surface area contributed by atoms with Crippen LogP contribution in [0.5, 0.6) is 5.75 Å². The number of nitrogens with zero attached hydrogens (tertiary/aromatic N) is 1. The van der Waals surface area contributed by atoms with Gasteiger partial charge in [0.15, 0.2) is 6.61 Å². The molecule has 0 saturated carbocycles. The van der Waals surface area contributed by atoms with Crippen LogP contribution in [0.1, 0.15) is 12.5 Å². The summed E-state index contributed by atoms with van der Waals surface area (Å²) in [5, 5.41) is 16.3. The van der Waals surface area contributed by atoms with E-state index in [2.05, 4.69) is 10.6 Å². The van der Waals surface area contributed by atoms with Gasteiger partial charge in [0.05, 0.1) is 11.3 Å². The van der Waals surface area contributed by atoms with Crippen LogP contribution in [-0.2, 0) is 9.59 Å². The largest absolute Gasteiger partial charge is 0.482 e. The Morgan fingerprint density at radius 2 is 2.05 bits per heavy atom. The molecule has 2 rings (SSSR count). The molecule has 0 spiro atoms. The highest BCUT2D eigenvalue weighted by atomic mass is 32.1. The fraction of sp³-hybridized carbons (Fsp3) is 0.133. The predicted molar refractivity (Wildman–Crippen MR) is 83.9 cm³/mol. The van der Waals surface area contributed by atoms with Gasteiger partial charge < -0.3 is 15.4 Å². The summed E-state index contributed by atoms with van der Waals surface area (Å²) in [5.41, 5.74) is 0.911. The van der Waals surface area contributed by atoms with Crippen LogP contribution in [0.25, 0.3) is 0 Å². The van der Waals surface area contributed by atoms with Gasteiger partial charge in [-0.15, -0.1) is 11.3 Å². The van der Waals surface area contributed by atoms with Gasteiger partial charge in [0.25, 0.3) is 5.91 Å². The first-order valence-corrected chi connectivity index (χ1v) is 7.25. The molecule has 0 atom stereocenters. The lowest BCUT2D eigenvalue weighted by Gasteiger charge is -2.11. The van der Waals surface area contributed by atoms with Crippen LogP contribution in [-0.4, -0.2) is 18.4 Å². The van der Waals surface area contributed by atoms with Gasteiger partial charge in [0.2, 0.25) is 5.91 Å². The number of anilines is 2. The minimum absolute atomic E-state index is 0.223. The minimum atomic E-state index is -0.378. The lowest BCUT2D eigenvalue weighted by atomic mass is 10.3. The molecule has 0 saturated heterocycles. The molecule has 0 bridgehead atoms. The van der Waals surface area contributed by atoms with Gasteiger partial charge in [0.1, 0.15) is 16.8 Å². The Balaban J connectivity index is 1.97. The topological polar surface area (TPSA) is 91.2 Å². The molecule has 1 heterocycles. The molecule has 0 aliphatic carbocycles. The van der Waals surface area contributed by atoms with Gasteiger partial charge in [-0.25, -0.2) is 0 Å². The summed E-state index contributed by atoms with van der Waals surface area (Å²) in [6.45, 7) is 1.17. The molecular formula is C15H13N3O3S. The molecule has 0 radical (unpaired) electrons. The summed E-state index contributed by atoms with van der Waals surface area (Å²) in [6.07, 6.45) is 0. The number of nitrogens with one attached hydrogen (secondary N) is 2. The van der Waals surface area contributed by atoms with E-state index in [4.69, 9.17) is 10.00 Å². The van der Waals surface area contributed by atoms with Crippen LogP contribution in [0.4, 0.5) is 10.7 Å². The van der Waals surface area contributed by atoms with E-state index in [9.17, 15) is 9.59 Å². The van der Waals surface area contributed by atoms with E-state index >= 15 is 0 Å². The van der Waals surface area contributed by atoms with Crippen molar-refractivity contribution >= 4 is 33.8 Å². The number of amides is 2. The standard InChI is InChI=1S/C15H13N3O3S/c1-10(19)17-12-4-2-3-5-13(12)21-9-14(20)18-15-11(8-16)6-7-22-15/h2-7H,9H2,1H3,(H,17,19)(H,18,20). The molecular weight excluding hydrogens is 302 g/mol. The second kappa shape index (κ2) is 7.24. The summed E-state index contributed by atoms with van der Waals surface area (Å²) in [6, 6.07) is 10.5. The number of carbonyl (C=O) groups is 2. The van der Waals surface area contributed by atoms with Gasteiger partial charge in [-0.05, 0) is 23.6 Å². The van der Waals surface area contributed by atoms with Crippen molar-refractivity contribution in [1.82, 2.24) is 0 Å². The van der Waals surface area contributed by atoms with Crippen LogP contribution in [0.15, 0.2) is 35.7 Å². The Kier molecular flexibility index (Phi) is 5.11. The zero-order valence-corrected chi connectivity index (χ0v) is 12.6. The predicted octanol–water partition coefficient (Wildman–Crippen LogP) is 2.60. The average Bonchev–Trinajstić information content (AvgIpc) is 2.93. The molecule has 2 amide bonds. The molecule has 0 aliphatic rings. The molecule has 112 valence electrons. The number of para-hydroxylation sites is 2. The number of carbonyl (C=O) groups excluding carboxylic acids is 2. The van der Waals surface area contributed by atoms with Crippen molar-refractivity contribution in [2.75, 3.05) is 17.2 Å². The Morgan fingerprint density at radius 1 is 1.27 bits per heavy atom. The highest BCUT2D eigenvalue weighted by Crippen LogP contribution is 2.24. The molecule has 6 nitrogen and oxygen atoms in total. The molecule has 22 heavy (non-hydrogen) atoms.